The number of hydrogen-bond donors (Lipinski definition) is 0. The van der Waals surface area contributed by atoms with Crippen molar-refractivity contribution in [3.8, 4) is 0 Å². The standard InChI is InChI=1S/C17H17NO2/c1-2-20-17(19)16-10-9-15(18-16)14-8-7-12-5-3-4-6-13(12)11-14/h3-8,11,16H,2,9-10H2,1H3/t16-/m1/s1. The molecule has 3 heteroatoms. The molecule has 0 N–H and O–H groups in total. The molecule has 0 unspecified atom stereocenters. The molecule has 3 nitrogen and oxygen atoms in total. The fraction of sp³-hybridized carbons (Fsp3) is 0.294. The van der Waals surface area contributed by atoms with Gasteiger partial charge in [0.1, 0.15) is 6.04 Å². The van der Waals surface area contributed by atoms with E-state index in [1.54, 1.807) is 0 Å². The van der Waals surface area contributed by atoms with Crippen LogP contribution in [0.5, 0.6) is 0 Å². The van der Waals surface area contributed by atoms with Crippen molar-refractivity contribution in [1.82, 2.24) is 0 Å². The third-order valence-corrected chi connectivity index (χ3v) is 3.61. The number of benzene rings is 2. The molecule has 1 heterocycles. The molecule has 0 fully saturated rings. The number of esters is 1. The predicted molar refractivity (Wildman–Crippen MR) is 80.1 cm³/mol. The van der Waals surface area contributed by atoms with Gasteiger partial charge in [-0.2, -0.15) is 0 Å². The van der Waals surface area contributed by atoms with Crippen LogP contribution >= 0.6 is 0 Å². The minimum atomic E-state index is -0.323. The van der Waals surface area contributed by atoms with Gasteiger partial charge < -0.3 is 4.74 Å². The molecule has 1 aliphatic heterocycles. The van der Waals surface area contributed by atoms with E-state index in [1.807, 2.05) is 19.1 Å². The molecule has 0 spiro atoms. The maximum atomic E-state index is 11.7. The van der Waals surface area contributed by atoms with Gasteiger partial charge >= 0.3 is 5.97 Å². The molecule has 3 rings (SSSR count). The van der Waals surface area contributed by atoms with Gasteiger partial charge in [0.2, 0.25) is 0 Å². The monoisotopic (exact) mass is 267 g/mol. The van der Waals surface area contributed by atoms with Gasteiger partial charge in [-0.05, 0) is 42.2 Å². The van der Waals surface area contributed by atoms with Gasteiger partial charge in [0.05, 0.1) is 6.61 Å². The summed E-state index contributed by atoms with van der Waals surface area (Å²) in [5.74, 6) is -0.205. The molecule has 0 aliphatic carbocycles. The second-order valence-corrected chi connectivity index (χ2v) is 4.94. The SMILES string of the molecule is CCOC(=O)[C@H]1CCC(c2ccc3ccccc3c2)=N1. The van der Waals surface area contributed by atoms with Crippen LogP contribution in [-0.2, 0) is 9.53 Å². The zero-order valence-electron chi connectivity index (χ0n) is 11.5. The van der Waals surface area contributed by atoms with E-state index in [2.05, 4.69) is 35.3 Å². The maximum Gasteiger partial charge on any atom is 0.330 e. The second-order valence-electron chi connectivity index (χ2n) is 4.94. The van der Waals surface area contributed by atoms with E-state index in [0.29, 0.717) is 6.61 Å². The Labute approximate surface area is 118 Å². The van der Waals surface area contributed by atoms with E-state index >= 15 is 0 Å². The first kappa shape index (κ1) is 12.9. The lowest BCUT2D eigenvalue weighted by Gasteiger charge is -2.05. The van der Waals surface area contributed by atoms with Crippen LogP contribution in [0, 0.1) is 0 Å². The number of aliphatic imine (C=N–C) groups is 1. The number of hydrogen-bond acceptors (Lipinski definition) is 3. The van der Waals surface area contributed by atoms with Crippen molar-refractivity contribution < 1.29 is 9.53 Å². The lowest BCUT2D eigenvalue weighted by atomic mass is 10.0. The number of carbonyl (C=O) groups is 1. The van der Waals surface area contributed by atoms with Crippen LogP contribution in [0.3, 0.4) is 0 Å². The highest BCUT2D eigenvalue weighted by atomic mass is 16.5. The summed E-state index contributed by atoms with van der Waals surface area (Å²) in [5.41, 5.74) is 2.12. The molecule has 1 atom stereocenters. The molecule has 2 aromatic carbocycles. The summed E-state index contributed by atoms with van der Waals surface area (Å²) in [6, 6.07) is 14.3. The van der Waals surface area contributed by atoms with E-state index in [0.717, 1.165) is 24.1 Å². The lowest BCUT2D eigenvalue weighted by Crippen LogP contribution is -2.18. The highest BCUT2D eigenvalue weighted by Crippen LogP contribution is 2.22. The third kappa shape index (κ3) is 2.44. The van der Waals surface area contributed by atoms with Crippen molar-refractivity contribution in [3.63, 3.8) is 0 Å². The normalized spacial score (nSPS) is 18.1. The molecule has 0 aromatic heterocycles. The van der Waals surface area contributed by atoms with E-state index in [-0.39, 0.29) is 12.0 Å². The first-order valence-corrected chi connectivity index (χ1v) is 7.00. The van der Waals surface area contributed by atoms with Gasteiger partial charge in [-0.25, -0.2) is 4.79 Å². The summed E-state index contributed by atoms with van der Waals surface area (Å²) in [6.07, 6.45) is 1.59. The molecule has 0 bridgehead atoms. The lowest BCUT2D eigenvalue weighted by molar-refractivity contribution is -0.144. The van der Waals surface area contributed by atoms with Gasteiger partial charge in [-0.1, -0.05) is 36.4 Å². The summed E-state index contributed by atoms with van der Waals surface area (Å²) < 4.78 is 5.03. The van der Waals surface area contributed by atoms with E-state index in [9.17, 15) is 4.79 Å². The Hall–Kier alpha value is -2.16. The first-order valence-electron chi connectivity index (χ1n) is 7.00. The average Bonchev–Trinajstić information content (AvgIpc) is 2.97. The molecule has 0 amide bonds. The van der Waals surface area contributed by atoms with Crippen molar-refractivity contribution in [1.29, 1.82) is 0 Å². The van der Waals surface area contributed by atoms with Gasteiger partial charge in [0, 0.05) is 5.71 Å². The number of ether oxygens (including phenoxy) is 1. The fourth-order valence-electron chi connectivity index (χ4n) is 2.59. The van der Waals surface area contributed by atoms with E-state index < -0.39 is 0 Å². The van der Waals surface area contributed by atoms with E-state index in [4.69, 9.17) is 4.74 Å². The number of rotatable bonds is 3. The van der Waals surface area contributed by atoms with Crippen LogP contribution in [0.25, 0.3) is 10.8 Å². The van der Waals surface area contributed by atoms with Crippen LogP contribution in [0.15, 0.2) is 47.5 Å². The third-order valence-electron chi connectivity index (χ3n) is 3.61. The van der Waals surface area contributed by atoms with Crippen molar-refractivity contribution in [2.75, 3.05) is 6.61 Å². The highest BCUT2D eigenvalue weighted by Gasteiger charge is 2.25. The van der Waals surface area contributed by atoms with Gasteiger partial charge in [-0.15, -0.1) is 0 Å². The van der Waals surface area contributed by atoms with Gasteiger partial charge in [0.15, 0.2) is 0 Å². The van der Waals surface area contributed by atoms with Crippen LogP contribution in [-0.4, -0.2) is 24.3 Å². The molecule has 20 heavy (non-hydrogen) atoms. The van der Waals surface area contributed by atoms with Crippen LogP contribution in [0.4, 0.5) is 0 Å². The summed E-state index contributed by atoms with van der Waals surface area (Å²) in [7, 11) is 0. The largest absolute Gasteiger partial charge is 0.464 e. The summed E-state index contributed by atoms with van der Waals surface area (Å²) in [4.78, 5) is 16.2. The predicted octanol–water partition coefficient (Wildman–Crippen LogP) is 3.35. The molecule has 1 aliphatic rings. The van der Waals surface area contributed by atoms with Crippen LogP contribution in [0.1, 0.15) is 25.3 Å². The van der Waals surface area contributed by atoms with Crippen molar-refractivity contribution >= 4 is 22.5 Å². The number of fused-ring (bicyclic) bond motifs is 1. The molecular formula is C17H17NO2. The molecule has 0 saturated heterocycles. The quantitative estimate of drug-likeness (QED) is 0.800. The van der Waals surface area contributed by atoms with Gasteiger partial charge in [0.25, 0.3) is 0 Å². The Morgan fingerprint density at radius 2 is 2.05 bits per heavy atom. The maximum absolute atomic E-state index is 11.7. The Bertz CT molecular complexity index is 675. The summed E-state index contributed by atoms with van der Waals surface area (Å²) in [6.45, 7) is 2.23. The Balaban J connectivity index is 1.88. The molecule has 0 radical (unpaired) electrons. The average molecular weight is 267 g/mol. The Morgan fingerprint density at radius 1 is 1.25 bits per heavy atom. The number of carbonyl (C=O) groups excluding carboxylic acids is 1. The fourth-order valence-corrected chi connectivity index (χ4v) is 2.59. The highest BCUT2D eigenvalue weighted by molar-refractivity contribution is 6.05. The first-order chi connectivity index (χ1) is 9.78. The Kier molecular flexibility index (Phi) is 3.50. The van der Waals surface area contributed by atoms with Crippen molar-refractivity contribution in [3.05, 3.63) is 48.0 Å². The van der Waals surface area contributed by atoms with Gasteiger partial charge in [-0.3, -0.25) is 4.99 Å². The zero-order chi connectivity index (χ0) is 13.9. The second kappa shape index (κ2) is 5.45. The zero-order valence-corrected chi connectivity index (χ0v) is 11.5. The minimum absolute atomic E-state index is 0.205. The van der Waals surface area contributed by atoms with Crippen LogP contribution < -0.4 is 0 Å². The van der Waals surface area contributed by atoms with E-state index in [1.165, 1.54) is 10.8 Å². The molecular weight excluding hydrogens is 250 g/mol. The topological polar surface area (TPSA) is 38.7 Å². The molecule has 102 valence electrons. The van der Waals surface area contributed by atoms with Crippen LogP contribution in [0.2, 0.25) is 0 Å². The smallest absolute Gasteiger partial charge is 0.330 e. The summed E-state index contributed by atoms with van der Waals surface area (Å²) in [5, 5.41) is 2.42. The van der Waals surface area contributed by atoms with Crippen molar-refractivity contribution in [2.24, 2.45) is 4.99 Å². The molecule has 0 saturated carbocycles. The molecule has 2 aromatic rings. The van der Waals surface area contributed by atoms with Crippen molar-refractivity contribution in [2.45, 2.75) is 25.8 Å². The summed E-state index contributed by atoms with van der Waals surface area (Å²) >= 11 is 0. The minimum Gasteiger partial charge on any atom is -0.464 e. The Morgan fingerprint density at radius 3 is 2.85 bits per heavy atom. The number of nitrogens with zero attached hydrogens (tertiary/aromatic N) is 1.